The largest absolute Gasteiger partial charge is 0.497 e. The minimum Gasteiger partial charge on any atom is -0.497 e. The van der Waals surface area contributed by atoms with Gasteiger partial charge in [0.25, 0.3) is 0 Å². The molecule has 2 N–H and O–H groups in total. The number of benzene rings is 2. The van der Waals surface area contributed by atoms with Gasteiger partial charge < -0.3 is 24.8 Å². The van der Waals surface area contributed by atoms with Crippen molar-refractivity contribution in [2.75, 3.05) is 13.7 Å². The molecular weight excluding hydrogens is 360 g/mol. The van der Waals surface area contributed by atoms with Gasteiger partial charge in [0.05, 0.1) is 13.7 Å². The van der Waals surface area contributed by atoms with E-state index in [-0.39, 0.29) is 6.10 Å². The van der Waals surface area contributed by atoms with E-state index in [0.717, 1.165) is 34.8 Å². The van der Waals surface area contributed by atoms with Crippen molar-refractivity contribution in [3.05, 3.63) is 53.1 Å². The van der Waals surface area contributed by atoms with E-state index in [9.17, 15) is 0 Å². The lowest BCUT2D eigenvalue weighted by Crippen LogP contribution is -2.34. The van der Waals surface area contributed by atoms with Crippen molar-refractivity contribution >= 4 is 17.3 Å². The van der Waals surface area contributed by atoms with E-state index >= 15 is 0 Å². The first-order valence-electron chi connectivity index (χ1n) is 9.19. The second kappa shape index (κ2) is 8.95. The zero-order chi connectivity index (χ0) is 19.2. The van der Waals surface area contributed by atoms with Crippen molar-refractivity contribution in [3.8, 4) is 17.2 Å². The maximum absolute atomic E-state index is 5.87. The first-order chi connectivity index (χ1) is 13.1. The number of rotatable bonds is 7. The third-order valence-corrected chi connectivity index (χ3v) is 4.72. The van der Waals surface area contributed by atoms with E-state index < -0.39 is 0 Å². The van der Waals surface area contributed by atoms with E-state index in [2.05, 4.69) is 29.7 Å². The molecule has 3 rings (SSSR count). The maximum Gasteiger partial charge on any atom is 0.166 e. The van der Waals surface area contributed by atoms with Crippen LogP contribution in [-0.2, 0) is 19.5 Å². The number of methoxy groups -OCH3 is 1. The van der Waals surface area contributed by atoms with Crippen LogP contribution in [0.25, 0.3) is 0 Å². The highest BCUT2D eigenvalue weighted by Gasteiger charge is 2.21. The van der Waals surface area contributed by atoms with E-state index in [4.69, 9.17) is 26.4 Å². The lowest BCUT2D eigenvalue weighted by Gasteiger charge is -2.15. The number of ether oxygens (including phenoxy) is 3. The third kappa shape index (κ3) is 5.04. The maximum atomic E-state index is 5.87. The number of hydrogen-bond donors (Lipinski definition) is 2. The van der Waals surface area contributed by atoms with Gasteiger partial charge in [0.1, 0.15) is 23.4 Å². The Morgan fingerprint density at radius 3 is 2.63 bits per heavy atom. The summed E-state index contributed by atoms with van der Waals surface area (Å²) in [7, 11) is 1.66. The summed E-state index contributed by atoms with van der Waals surface area (Å²) in [5.74, 6) is 2.68. The van der Waals surface area contributed by atoms with Gasteiger partial charge in [0.2, 0.25) is 0 Å². The van der Waals surface area contributed by atoms with Crippen LogP contribution in [0, 0.1) is 0 Å². The Morgan fingerprint density at radius 2 is 1.93 bits per heavy atom. The molecule has 0 amide bonds. The van der Waals surface area contributed by atoms with Gasteiger partial charge in [-0.15, -0.1) is 0 Å². The molecule has 0 fully saturated rings. The van der Waals surface area contributed by atoms with Crippen molar-refractivity contribution < 1.29 is 14.2 Å². The first kappa shape index (κ1) is 19.3. The second-order valence-electron chi connectivity index (χ2n) is 6.52. The third-order valence-electron chi connectivity index (χ3n) is 4.43. The molecule has 1 aliphatic heterocycles. The van der Waals surface area contributed by atoms with E-state index in [1.165, 1.54) is 5.56 Å². The molecular formula is C21H26N2O3S. The summed E-state index contributed by atoms with van der Waals surface area (Å²) < 4.78 is 16.9. The minimum absolute atomic E-state index is 0.213. The van der Waals surface area contributed by atoms with Crippen LogP contribution in [0.4, 0.5) is 0 Å². The molecule has 6 heteroatoms. The van der Waals surface area contributed by atoms with Crippen LogP contribution in [0.5, 0.6) is 17.2 Å². The Balaban J connectivity index is 1.57. The van der Waals surface area contributed by atoms with Crippen LogP contribution < -0.4 is 24.8 Å². The molecule has 0 bridgehead atoms. The zero-order valence-corrected chi connectivity index (χ0v) is 16.8. The molecule has 0 radical (unpaired) electrons. The summed E-state index contributed by atoms with van der Waals surface area (Å²) in [5.41, 5.74) is 3.38. The molecule has 0 saturated carbocycles. The average Bonchev–Trinajstić information content (AvgIpc) is 3.04. The number of hydrogen-bond acceptors (Lipinski definition) is 4. The molecule has 0 spiro atoms. The molecule has 0 saturated heterocycles. The average molecular weight is 387 g/mol. The number of nitrogens with one attached hydrogen (secondary N) is 2. The van der Waals surface area contributed by atoms with Crippen molar-refractivity contribution in [2.24, 2.45) is 0 Å². The fourth-order valence-electron chi connectivity index (χ4n) is 3.07. The molecule has 0 aromatic heterocycles. The van der Waals surface area contributed by atoms with Gasteiger partial charge in [-0.25, -0.2) is 0 Å². The topological polar surface area (TPSA) is 51.8 Å². The van der Waals surface area contributed by atoms with Gasteiger partial charge in [-0.2, -0.15) is 0 Å². The van der Waals surface area contributed by atoms with Gasteiger partial charge in [-0.3, -0.25) is 0 Å². The number of thiocarbonyl (C=S) groups is 1. The summed E-state index contributed by atoms with van der Waals surface area (Å²) >= 11 is 5.41. The lowest BCUT2D eigenvalue weighted by atomic mass is 10.1. The summed E-state index contributed by atoms with van der Waals surface area (Å²) in [5, 5.41) is 7.08. The molecule has 2 aromatic rings. The van der Waals surface area contributed by atoms with Crippen LogP contribution in [0.15, 0.2) is 36.4 Å². The predicted octanol–water partition coefficient (Wildman–Crippen LogP) is 3.58. The van der Waals surface area contributed by atoms with E-state index in [1.54, 1.807) is 7.11 Å². The van der Waals surface area contributed by atoms with Crippen LogP contribution >= 0.6 is 12.2 Å². The molecule has 2 aromatic carbocycles. The van der Waals surface area contributed by atoms with Crippen LogP contribution in [0.2, 0.25) is 0 Å². The van der Waals surface area contributed by atoms with Crippen LogP contribution in [0.1, 0.15) is 30.5 Å². The highest BCUT2D eigenvalue weighted by atomic mass is 32.1. The molecule has 1 atom stereocenters. The summed E-state index contributed by atoms with van der Waals surface area (Å²) in [6, 6.07) is 12.1. The van der Waals surface area contributed by atoms with Crippen LogP contribution in [0.3, 0.4) is 0 Å². The predicted molar refractivity (Wildman–Crippen MR) is 111 cm³/mol. The zero-order valence-electron chi connectivity index (χ0n) is 16.0. The molecule has 1 aliphatic rings. The standard InChI is InChI=1S/C21H26N2O3S/c1-4-25-19-10-16-9-14(2)26-20(16)11-17(19)13-23-21(27)22-12-15-5-7-18(24-3)8-6-15/h5-8,10-11,14H,4,9,12-13H2,1-3H3,(H2,22,23,27)/t14-/m1/s1. The van der Waals surface area contributed by atoms with E-state index in [0.29, 0.717) is 24.8 Å². The molecule has 1 heterocycles. The molecule has 5 nitrogen and oxygen atoms in total. The second-order valence-corrected chi connectivity index (χ2v) is 6.93. The first-order valence-corrected chi connectivity index (χ1v) is 9.59. The Bertz CT molecular complexity index is 793. The van der Waals surface area contributed by atoms with Gasteiger partial charge in [0.15, 0.2) is 5.11 Å². The molecule has 27 heavy (non-hydrogen) atoms. The normalized spacial score (nSPS) is 14.9. The number of fused-ring (bicyclic) bond motifs is 1. The van der Waals surface area contributed by atoms with Gasteiger partial charge in [0, 0.05) is 30.6 Å². The van der Waals surface area contributed by atoms with Gasteiger partial charge in [-0.1, -0.05) is 12.1 Å². The quantitative estimate of drug-likeness (QED) is 0.710. The Morgan fingerprint density at radius 1 is 1.19 bits per heavy atom. The SMILES string of the molecule is CCOc1cc2c(cc1CNC(=S)NCc1ccc(OC)cc1)O[C@H](C)C2. The molecule has 0 aliphatic carbocycles. The Labute approximate surface area is 166 Å². The summed E-state index contributed by atoms with van der Waals surface area (Å²) in [6.07, 6.45) is 1.13. The molecule has 144 valence electrons. The van der Waals surface area contributed by atoms with Crippen molar-refractivity contribution in [1.82, 2.24) is 10.6 Å². The smallest absolute Gasteiger partial charge is 0.166 e. The summed E-state index contributed by atoms with van der Waals surface area (Å²) in [4.78, 5) is 0. The fourth-order valence-corrected chi connectivity index (χ4v) is 3.22. The monoisotopic (exact) mass is 386 g/mol. The summed E-state index contributed by atoms with van der Waals surface area (Å²) in [6.45, 7) is 5.93. The van der Waals surface area contributed by atoms with Crippen molar-refractivity contribution in [2.45, 2.75) is 39.5 Å². The van der Waals surface area contributed by atoms with Gasteiger partial charge >= 0.3 is 0 Å². The van der Waals surface area contributed by atoms with Crippen molar-refractivity contribution in [3.63, 3.8) is 0 Å². The Kier molecular flexibility index (Phi) is 6.40. The highest BCUT2D eigenvalue weighted by molar-refractivity contribution is 7.80. The fraction of sp³-hybridized carbons (Fsp3) is 0.381. The molecule has 0 unspecified atom stereocenters. The van der Waals surface area contributed by atoms with Crippen LogP contribution in [-0.4, -0.2) is 24.9 Å². The van der Waals surface area contributed by atoms with E-state index in [1.807, 2.05) is 31.2 Å². The van der Waals surface area contributed by atoms with Gasteiger partial charge in [-0.05, 0) is 55.9 Å². The highest BCUT2D eigenvalue weighted by Crippen LogP contribution is 2.35. The Hall–Kier alpha value is -2.47. The minimum atomic E-state index is 0.213. The lowest BCUT2D eigenvalue weighted by molar-refractivity contribution is 0.254. The van der Waals surface area contributed by atoms with Crippen molar-refractivity contribution in [1.29, 1.82) is 0 Å².